The van der Waals surface area contributed by atoms with E-state index in [1.165, 1.54) is 37.1 Å². The fourth-order valence-corrected chi connectivity index (χ4v) is 2.89. The highest BCUT2D eigenvalue weighted by Crippen LogP contribution is 2.30. The molecule has 1 unspecified atom stereocenters. The van der Waals surface area contributed by atoms with Gasteiger partial charge < -0.3 is 10.2 Å². The Kier molecular flexibility index (Phi) is 5.22. The number of piperidine rings is 1. The largest absolute Gasteiger partial charge is 0.310 e. The smallest absolute Gasteiger partial charge is 0.0292 e. The van der Waals surface area contributed by atoms with Crippen LogP contribution in [0.5, 0.6) is 0 Å². The molecule has 2 nitrogen and oxygen atoms in total. The first-order valence-electron chi connectivity index (χ1n) is 8.03. The van der Waals surface area contributed by atoms with Crippen LogP contribution >= 0.6 is 0 Å². The lowest BCUT2D eigenvalue weighted by atomic mass is 9.80. The lowest BCUT2D eigenvalue weighted by molar-refractivity contribution is 0.134. The van der Waals surface area contributed by atoms with Gasteiger partial charge in [0.15, 0.2) is 0 Å². The Bertz CT molecular complexity index is 402. The lowest BCUT2D eigenvalue weighted by Gasteiger charge is -2.38. The summed E-state index contributed by atoms with van der Waals surface area (Å²) in [5.74, 6) is 0. The van der Waals surface area contributed by atoms with Crippen LogP contribution < -0.4 is 5.32 Å². The van der Waals surface area contributed by atoms with E-state index in [4.69, 9.17) is 0 Å². The van der Waals surface area contributed by atoms with E-state index in [2.05, 4.69) is 62.3 Å². The molecule has 0 bridgehead atoms. The highest BCUT2D eigenvalue weighted by molar-refractivity contribution is 5.24. The molecule has 1 aromatic rings. The van der Waals surface area contributed by atoms with Crippen LogP contribution in [0.3, 0.4) is 0 Å². The summed E-state index contributed by atoms with van der Waals surface area (Å²) < 4.78 is 0. The molecule has 0 radical (unpaired) electrons. The van der Waals surface area contributed by atoms with Gasteiger partial charge in [-0.05, 0) is 62.9 Å². The molecule has 0 spiro atoms. The van der Waals surface area contributed by atoms with Gasteiger partial charge >= 0.3 is 0 Å². The van der Waals surface area contributed by atoms with Crippen LogP contribution in [0.2, 0.25) is 0 Å². The summed E-state index contributed by atoms with van der Waals surface area (Å²) in [5, 5.41) is 3.74. The Labute approximate surface area is 124 Å². The van der Waals surface area contributed by atoms with Crippen molar-refractivity contribution in [1.29, 1.82) is 0 Å². The topological polar surface area (TPSA) is 15.3 Å². The molecule has 1 fully saturated rings. The summed E-state index contributed by atoms with van der Waals surface area (Å²) in [6.07, 6.45) is 3.73. The minimum atomic E-state index is 0.442. The van der Waals surface area contributed by atoms with Gasteiger partial charge in [-0.3, -0.25) is 0 Å². The highest BCUT2D eigenvalue weighted by atomic mass is 15.1. The number of nitrogens with zero attached hydrogens (tertiary/aromatic N) is 1. The van der Waals surface area contributed by atoms with E-state index in [-0.39, 0.29) is 0 Å². The fraction of sp³-hybridized carbons (Fsp3) is 0.667. The minimum absolute atomic E-state index is 0.442. The van der Waals surface area contributed by atoms with Gasteiger partial charge in [0.25, 0.3) is 0 Å². The monoisotopic (exact) mass is 274 g/mol. The van der Waals surface area contributed by atoms with Gasteiger partial charge in [-0.15, -0.1) is 0 Å². The molecule has 1 atom stereocenters. The van der Waals surface area contributed by atoms with Crippen molar-refractivity contribution >= 4 is 0 Å². The highest BCUT2D eigenvalue weighted by Gasteiger charge is 2.28. The average Bonchev–Trinajstić information content (AvgIpc) is 2.48. The second-order valence-electron chi connectivity index (χ2n) is 6.81. The van der Waals surface area contributed by atoms with Crippen LogP contribution in [-0.4, -0.2) is 31.6 Å². The minimum Gasteiger partial charge on any atom is -0.310 e. The molecule has 2 heteroatoms. The quantitative estimate of drug-likeness (QED) is 0.882. The molecule has 0 aliphatic carbocycles. The lowest BCUT2D eigenvalue weighted by Crippen LogP contribution is -2.42. The molecule has 1 aliphatic rings. The van der Waals surface area contributed by atoms with Crippen LogP contribution in [0.25, 0.3) is 0 Å². The number of aryl methyl sites for hydroxylation is 1. The molecule has 112 valence electrons. The number of benzene rings is 1. The summed E-state index contributed by atoms with van der Waals surface area (Å²) >= 11 is 0. The first-order chi connectivity index (χ1) is 9.52. The molecule has 1 heterocycles. The van der Waals surface area contributed by atoms with E-state index < -0.39 is 0 Å². The van der Waals surface area contributed by atoms with Crippen LogP contribution in [0, 0.1) is 5.41 Å². The molecule has 0 saturated carbocycles. The molecule has 1 saturated heterocycles. The first-order valence-corrected chi connectivity index (χ1v) is 8.03. The van der Waals surface area contributed by atoms with Crippen LogP contribution in [0.15, 0.2) is 24.3 Å². The normalized spacial score (nSPS) is 20.8. The second kappa shape index (κ2) is 6.73. The zero-order valence-corrected chi connectivity index (χ0v) is 13.6. The second-order valence-corrected chi connectivity index (χ2v) is 6.81. The van der Waals surface area contributed by atoms with Gasteiger partial charge in [-0.25, -0.2) is 0 Å². The maximum absolute atomic E-state index is 3.74. The number of hydrogen-bond donors (Lipinski definition) is 1. The molecule has 1 N–H and O–H groups in total. The van der Waals surface area contributed by atoms with Gasteiger partial charge in [0.2, 0.25) is 0 Å². The average molecular weight is 274 g/mol. The molecule has 20 heavy (non-hydrogen) atoms. The van der Waals surface area contributed by atoms with Crippen molar-refractivity contribution in [1.82, 2.24) is 10.2 Å². The van der Waals surface area contributed by atoms with Crippen molar-refractivity contribution in [3.05, 3.63) is 35.4 Å². The zero-order valence-electron chi connectivity index (χ0n) is 13.6. The molecule has 0 amide bonds. The van der Waals surface area contributed by atoms with E-state index >= 15 is 0 Å². The van der Waals surface area contributed by atoms with E-state index in [9.17, 15) is 0 Å². The third-order valence-corrected chi connectivity index (χ3v) is 4.92. The number of nitrogens with one attached hydrogen (secondary N) is 1. The number of rotatable bonds is 5. The van der Waals surface area contributed by atoms with Crippen molar-refractivity contribution in [2.24, 2.45) is 5.41 Å². The van der Waals surface area contributed by atoms with Crippen LogP contribution in [-0.2, 0) is 6.42 Å². The van der Waals surface area contributed by atoms with Gasteiger partial charge in [0, 0.05) is 12.6 Å². The predicted molar refractivity (Wildman–Crippen MR) is 87.1 cm³/mol. The summed E-state index contributed by atoms with van der Waals surface area (Å²) in [6, 6.07) is 9.49. The van der Waals surface area contributed by atoms with Crippen LogP contribution in [0.4, 0.5) is 0 Å². The van der Waals surface area contributed by atoms with Gasteiger partial charge in [-0.1, -0.05) is 38.1 Å². The van der Waals surface area contributed by atoms with Crippen molar-refractivity contribution < 1.29 is 0 Å². The van der Waals surface area contributed by atoms with E-state index in [1.807, 2.05) is 0 Å². The Hall–Kier alpha value is -0.860. The Morgan fingerprint density at radius 2 is 1.80 bits per heavy atom. The molecule has 1 aromatic carbocycles. The van der Waals surface area contributed by atoms with Crippen LogP contribution in [0.1, 0.15) is 50.8 Å². The van der Waals surface area contributed by atoms with Gasteiger partial charge in [0.1, 0.15) is 0 Å². The first kappa shape index (κ1) is 15.5. The Morgan fingerprint density at radius 3 is 2.35 bits per heavy atom. The summed E-state index contributed by atoms with van der Waals surface area (Å²) in [7, 11) is 2.23. The standard InChI is InChI=1S/C18H30N2/c1-5-16-6-8-17(9-7-16)15(2)19-14-18(3)10-12-20(4)13-11-18/h6-9,15,19H,5,10-14H2,1-4H3. The molecule has 0 aromatic heterocycles. The molecular weight excluding hydrogens is 244 g/mol. The van der Waals surface area contributed by atoms with E-state index in [0.29, 0.717) is 11.5 Å². The maximum atomic E-state index is 3.74. The van der Waals surface area contributed by atoms with Crippen molar-refractivity contribution in [3.8, 4) is 0 Å². The Balaban J connectivity index is 1.86. The Morgan fingerprint density at radius 1 is 1.20 bits per heavy atom. The van der Waals surface area contributed by atoms with Crippen molar-refractivity contribution in [2.75, 3.05) is 26.7 Å². The number of likely N-dealkylation sites (tertiary alicyclic amines) is 1. The van der Waals surface area contributed by atoms with Crippen molar-refractivity contribution in [2.45, 2.75) is 46.1 Å². The molecule has 1 aliphatic heterocycles. The van der Waals surface area contributed by atoms with E-state index in [0.717, 1.165) is 13.0 Å². The molecule has 2 rings (SSSR count). The maximum Gasteiger partial charge on any atom is 0.0292 e. The summed E-state index contributed by atoms with van der Waals surface area (Å²) in [6.45, 7) is 10.5. The van der Waals surface area contributed by atoms with Gasteiger partial charge in [0.05, 0.1) is 0 Å². The third-order valence-electron chi connectivity index (χ3n) is 4.92. The summed E-state index contributed by atoms with van der Waals surface area (Å²) in [4.78, 5) is 2.44. The van der Waals surface area contributed by atoms with Crippen molar-refractivity contribution in [3.63, 3.8) is 0 Å². The zero-order chi connectivity index (χ0) is 14.6. The van der Waals surface area contributed by atoms with Gasteiger partial charge in [-0.2, -0.15) is 0 Å². The fourth-order valence-electron chi connectivity index (χ4n) is 2.89. The predicted octanol–water partition coefficient (Wildman–Crippen LogP) is 3.63. The SMILES string of the molecule is CCc1ccc(C(C)NCC2(C)CCN(C)CC2)cc1. The van der Waals surface area contributed by atoms with E-state index in [1.54, 1.807) is 0 Å². The molecular formula is C18H30N2. The summed E-state index contributed by atoms with van der Waals surface area (Å²) in [5.41, 5.74) is 3.28. The number of hydrogen-bond acceptors (Lipinski definition) is 2. The third kappa shape index (κ3) is 4.07.